The van der Waals surface area contributed by atoms with Gasteiger partial charge in [-0.15, -0.1) is 0 Å². The average molecular weight is 340 g/mol. The molecule has 0 atom stereocenters. The highest BCUT2D eigenvalue weighted by molar-refractivity contribution is 5.84. The van der Waals surface area contributed by atoms with Crippen molar-refractivity contribution in [1.29, 1.82) is 0 Å². The predicted molar refractivity (Wildman–Crippen MR) is 101 cm³/mol. The molecule has 24 heavy (non-hydrogen) atoms. The van der Waals surface area contributed by atoms with Gasteiger partial charge in [0, 0.05) is 45.8 Å². The molecule has 0 bridgehead atoms. The minimum absolute atomic E-state index is 0.0648. The van der Waals surface area contributed by atoms with E-state index in [4.69, 9.17) is 0 Å². The van der Waals surface area contributed by atoms with E-state index in [1.165, 1.54) is 6.54 Å². The third-order valence-corrected chi connectivity index (χ3v) is 4.43. The van der Waals surface area contributed by atoms with Crippen LogP contribution in [0.25, 0.3) is 0 Å². The van der Waals surface area contributed by atoms with Crippen LogP contribution in [0.2, 0.25) is 0 Å². The molecule has 140 valence electrons. The Bertz CT molecular complexity index is 412. The molecule has 0 spiro atoms. The Hall–Kier alpha value is -1.30. The first-order valence-electron chi connectivity index (χ1n) is 9.26. The number of hydrogen-bond donors (Lipinski definition) is 3. The van der Waals surface area contributed by atoms with E-state index in [9.17, 15) is 4.79 Å². The van der Waals surface area contributed by atoms with Crippen molar-refractivity contribution in [3.63, 3.8) is 0 Å². The lowest BCUT2D eigenvalue weighted by molar-refractivity contribution is -0.128. The maximum atomic E-state index is 12.1. The number of carbonyl (C=O) groups excluding carboxylic acids is 1. The van der Waals surface area contributed by atoms with Crippen LogP contribution in [-0.4, -0.2) is 62.6 Å². The lowest BCUT2D eigenvalue weighted by Crippen LogP contribution is -2.52. The number of likely N-dealkylation sites (tertiary alicyclic amines) is 1. The molecular weight excluding hydrogens is 302 g/mol. The minimum Gasteiger partial charge on any atom is -0.356 e. The van der Waals surface area contributed by atoms with Crippen molar-refractivity contribution in [1.82, 2.24) is 20.9 Å². The lowest BCUT2D eigenvalue weighted by Gasteiger charge is -2.34. The molecule has 0 aliphatic carbocycles. The van der Waals surface area contributed by atoms with E-state index in [1.807, 2.05) is 20.8 Å². The third-order valence-electron chi connectivity index (χ3n) is 4.43. The number of nitrogens with one attached hydrogen (secondary N) is 3. The normalized spacial score (nSPS) is 17.9. The second-order valence-corrected chi connectivity index (χ2v) is 7.78. The summed E-state index contributed by atoms with van der Waals surface area (Å²) in [5.74, 6) is 1.57. The fraction of sp³-hybridized carbons (Fsp3) is 0.889. The fourth-order valence-electron chi connectivity index (χ4n) is 2.95. The molecule has 0 aromatic carbocycles. The lowest BCUT2D eigenvalue weighted by atomic mass is 9.92. The van der Waals surface area contributed by atoms with Gasteiger partial charge in [-0.25, -0.2) is 0 Å². The van der Waals surface area contributed by atoms with Crippen molar-refractivity contribution in [2.75, 3.05) is 39.8 Å². The molecule has 0 unspecified atom stereocenters. The van der Waals surface area contributed by atoms with Crippen molar-refractivity contribution in [3.8, 4) is 0 Å². The maximum Gasteiger partial charge on any atom is 0.227 e. The molecule has 0 saturated carbocycles. The van der Waals surface area contributed by atoms with Gasteiger partial charge in [-0.1, -0.05) is 13.8 Å². The molecule has 6 heteroatoms. The highest BCUT2D eigenvalue weighted by Crippen LogP contribution is 2.14. The topological polar surface area (TPSA) is 68.8 Å². The van der Waals surface area contributed by atoms with Crippen LogP contribution in [-0.2, 0) is 4.79 Å². The Morgan fingerprint density at radius 1 is 1.25 bits per heavy atom. The molecule has 1 aliphatic rings. The summed E-state index contributed by atoms with van der Waals surface area (Å²) >= 11 is 0. The summed E-state index contributed by atoms with van der Waals surface area (Å²) in [6, 6.07) is 0.451. The van der Waals surface area contributed by atoms with Gasteiger partial charge in [-0.2, -0.15) is 0 Å². The van der Waals surface area contributed by atoms with Gasteiger partial charge in [0.1, 0.15) is 0 Å². The Morgan fingerprint density at radius 3 is 2.38 bits per heavy atom. The van der Waals surface area contributed by atoms with E-state index in [-0.39, 0.29) is 5.91 Å². The first-order chi connectivity index (χ1) is 11.3. The van der Waals surface area contributed by atoms with Crippen LogP contribution < -0.4 is 16.0 Å². The quantitative estimate of drug-likeness (QED) is 0.485. The van der Waals surface area contributed by atoms with E-state index >= 15 is 0 Å². The fourth-order valence-corrected chi connectivity index (χ4v) is 2.95. The van der Waals surface area contributed by atoms with Gasteiger partial charge in [0.05, 0.1) is 5.41 Å². The number of rotatable bonds is 7. The zero-order valence-electron chi connectivity index (χ0n) is 16.4. The van der Waals surface area contributed by atoms with Crippen molar-refractivity contribution in [2.45, 2.75) is 53.5 Å². The molecule has 0 radical (unpaired) electrons. The van der Waals surface area contributed by atoms with Crippen molar-refractivity contribution in [3.05, 3.63) is 0 Å². The largest absolute Gasteiger partial charge is 0.356 e. The monoisotopic (exact) mass is 339 g/mol. The van der Waals surface area contributed by atoms with Gasteiger partial charge >= 0.3 is 0 Å². The molecule has 1 heterocycles. The van der Waals surface area contributed by atoms with E-state index in [1.54, 1.807) is 7.05 Å². The third kappa shape index (κ3) is 7.07. The number of aliphatic imine (C=N–C) groups is 1. The summed E-state index contributed by atoms with van der Waals surface area (Å²) < 4.78 is 0. The van der Waals surface area contributed by atoms with Gasteiger partial charge in [0.2, 0.25) is 5.91 Å². The zero-order valence-corrected chi connectivity index (χ0v) is 16.4. The van der Waals surface area contributed by atoms with Crippen molar-refractivity contribution in [2.24, 2.45) is 16.3 Å². The highest BCUT2D eigenvalue weighted by atomic mass is 16.2. The standard InChI is InChI=1S/C18H37N5O/c1-7-20-16(24)18(4,5)13-21-17(19-6)22-15-8-10-23(11-9-15)12-14(2)3/h14-15H,7-13H2,1-6H3,(H,20,24)(H2,19,21,22). The Morgan fingerprint density at radius 2 is 1.88 bits per heavy atom. The van der Waals surface area contributed by atoms with E-state index < -0.39 is 5.41 Å². The van der Waals surface area contributed by atoms with E-state index in [0.717, 1.165) is 37.8 Å². The second kappa shape index (κ2) is 9.87. The van der Waals surface area contributed by atoms with Gasteiger partial charge in [0.15, 0.2) is 5.96 Å². The summed E-state index contributed by atoms with van der Waals surface area (Å²) in [5, 5.41) is 9.69. The second-order valence-electron chi connectivity index (χ2n) is 7.78. The van der Waals surface area contributed by atoms with Crippen LogP contribution in [0.4, 0.5) is 0 Å². The van der Waals surface area contributed by atoms with Gasteiger partial charge in [-0.3, -0.25) is 9.79 Å². The highest BCUT2D eigenvalue weighted by Gasteiger charge is 2.27. The smallest absolute Gasteiger partial charge is 0.227 e. The molecule has 0 aromatic heterocycles. The van der Waals surface area contributed by atoms with Crippen LogP contribution in [0.1, 0.15) is 47.5 Å². The molecule has 1 rings (SSSR count). The summed E-state index contributed by atoms with van der Waals surface area (Å²) in [6.45, 7) is 15.0. The summed E-state index contributed by atoms with van der Waals surface area (Å²) in [5.41, 5.74) is -0.464. The van der Waals surface area contributed by atoms with Crippen LogP contribution in [0.15, 0.2) is 4.99 Å². The summed E-state index contributed by atoms with van der Waals surface area (Å²) in [7, 11) is 1.78. The Balaban J connectivity index is 2.40. The number of guanidine groups is 1. The Kier molecular flexibility index (Phi) is 8.53. The zero-order chi connectivity index (χ0) is 18.2. The Labute approximate surface area is 147 Å². The maximum absolute atomic E-state index is 12.1. The molecule has 3 N–H and O–H groups in total. The van der Waals surface area contributed by atoms with Crippen LogP contribution in [0, 0.1) is 11.3 Å². The summed E-state index contributed by atoms with van der Waals surface area (Å²) in [4.78, 5) is 18.9. The summed E-state index contributed by atoms with van der Waals surface area (Å²) in [6.07, 6.45) is 2.26. The molecule has 0 aromatic rings. The number of piperidine rings is 1. The number of carbonyl (C=O) groups is 1. The number of hydrogen-bond acceptors (Lipinski definition) is 3. The first kappa shape index (κ1) is 20.7. The number of amides is 1. The first-order valence-corrected chi connectivity index (χ1v) is 9.26. The van der Waals surface area contributed by atoms with Crippen LogP contribution in [0.3, 0.4) is 0 Å². The molecule has 6 nitrogen and oxygen atoms in total. The minimum atomic E-state index is -0.464. The average Bonchev–Trinajstić information content (AvgIpc) is 2.52. The SMILES string of the molecule is CCNC(=O)C(C)(C)CNC(=NC)NC1CCN(CC(C)C)CC1. The molecular formula is C18H37N5O. The van der Waals surface area contributed by atoms with E-state index in [2.05, 4.69) is 39.7 Å². The van der Waals surface area contributed by atoms with Crippen molar-refractivity contribution >= 4 is 11.9 Å². The molecule has 1 amide bonds. The number of nitrogens with zero attached hydrogens (tertiary/aromatic N) is 2. The molecule has 1 fully saturated rings. The molecule has 1 saturated heterocycles. The molecule has 1 aliphatic heterocycles. The predicted octanol–water partition coefficient (Wildman–Crippen LogP) is 1.43. The van der Waals surface area contributed by atoms with Crippen molar-refractivity contribution < 1.29 is 4.79 Å². The van der Waals surface area contributed by atoms with Crippen LogP contribution >= 0.6 is 0 Å². The van der Waals surface area contributed by atoms with Crippen LogP contribution in [0.5, 0.6) is 0 Å². The van der Waals surface area contributed by atoms with Gasteiger partial charge in [-0.05, 0) is 39.5 Å². The van der Waals surface area contributed by atoms with E-state index in [0.29, 0.717) is 19.1 Å². The van der Waals surface area contributed by atoms with Gasteiger partial charge < -0.3 is 20.9 Å². The van der Waals surface area contributed by atoms with Gasteiger partial charge in [0.25, 0.3) is 0 Å².